The third-order valence-electron chi connectivity index (χ3n) is 3.72. The first-order valence-electron chi connectivity index (χ1n) is 7.53. The van der Waals surface area contributed by atoms with Crippen molar-refractivity contribution in [1.82, 2.24) is 19.1 Å². The van der Waals surface area contributed by atoms with Gasteiger partial charge in [-0.3, -0.25) is 4.68 Å². The third-order valence-corrected chi connectivity index (χ3v) is 4.41. The smallest absolute Gasteiger partial charge is 0.202 e. The first-order valence-corrected chi connectivity index (χ1v) is 8.30. The molecule has 0 aliphatic carbocycles. The highest BCUT2D eigenvalue weighted by atomic mass is 32.1. The second-order valence-corrected chi connectivity index (χ2v) is 5.93. The van der Waals surface area contributed by atoms with E-state index in [0.717, 1.165) is 48.9 Å². The summed E-state index contributed by atoms with van der Waals surface area (Å²) in [4.78, 5) is 4.49. The molecule has 3 rings (SSSR count). The molecule has 6 nitrogen and oxygen atoms in total. The van der Waals surface area contributed by atoms with Gasteiger partial charge in [-0.2, -0.15) is 9.47 Å². The van der Waals surface area contributed by atoms with Crippen LogP contribution in [0.4, 0.5) is 5.13 Å². The molecule has 1 saturated heterocycles. The van der Waals surface area contributed by atoms with Gasteiger partial charge < -0.3 is 10.1 Å². The third kappa shape index (κ3) is 3.24. The standard InChI is InChI=1S/C14H21N5OS/c1-3-12-17-14(21-18-12)16-11-6-5-7-20-13(11)10-8-15-19(4-2)9-10/h8-9,11,13H,3-7H2,1-2H3,(H,16,17,18)/t11-,13+/m0/s1. The lowest BCUT2D eigenvalue weighted by Crippen LogP contribution is -2.33. The second-order valence-electron chi connectivity index (χ2n) is 5.18. The molecule has 2 atom stereocenters. The molecule has 0 aromatic carbocycles. The fourth-order valence-electron chi connectivity index (χ4n) is 2.57. The number of nitrogens with zero attached hydrogens (tertiary/aromatic N) is 4. The van der Waals surface area contributed by atoms with Gasteiger partial charge >= 0.3 is 0 Å². The van der Waals surface area contributed by atoms with Gasteiger partial charge in [0.15, 0.2) is 0 Å². The zero-order chi connectivity index (χ0) is 14.7. The minimum atomic E-state index is 0.0352. The molecule has 2 aromatic rings. The SMILES string of the molecule is CCc1nsc(N[C@H]2CCCO[C@@H]2c2cnn(CC)c2)n1. The molecule has 21 heavy (non-hydrogen) atoms. The van der Waals surface area contributed by atoms with E-state index in [4.69, 9.17) is 4.74 Å². The highest BCUT2D eigenvalue weighted by molar-refractivity contribution is 7.09. The molecule has 114 valence electrons. The van der Waals surface area contributed by atoms with E-state index >= 15 is 0 Å². The van der Waals surface area contributed by atoms with Crippen LogP contribution in [0.2, 0.25) is 0 Å². The van der Waals surface area contributed by atoms with Crippen LogP contribution in [0.1, 0.15) is 44.2 Å². The van der Waals surface area contributed by atoms with E-state index in [9.17, 15) is 0 Å². The minimum Gasteiger partial charge on any atom is -0.371 e. The van der Waals surface area contributed by atoms with E-state index in [1.54, 1.807) is 0 Å². The average Bonchev–Trinajstić information content (AvgIpc) is 3.16. The van der Waals surface area contributed by atoms with E-state index in [-0.39, 0.29) is 12.1 Å². The van der Waals surface area contributed by atoms with Gasteiger partial charge in [0.2, 0.25) is 5.13 Å². The Hall–Kier alpha value is -1.47. The van der Waals surface area contributed by atoms with Crippen molar-refractivity contribution in [2.45, 2.75) is 51.8 Å². The molecular weight excluding hydrogens is 286 g/mol. The number of nitrogens with one attached hydrogen (secondary N) is 1. The summed E-state index contributed by atoms with van der Waals surface area (Å²) in [5.74, 6) is 0.898. The Morgan fingerprint density at radius 3 is 3.10 bits per heavy atom. The van der Waals surface area contributed by atoms with Crippen molar-refractivity contribution in [1.29, 1.82) is 0 Å². The molecule has 1 fully saturated rings. The van der Waals surface area contributed by atoms with Gasteiger partial charge in [0, 0.05) is 42.9 Å². The summed E-state index contributed by atoms with van der Waals surface area (Å²) in [5, 5.41) is 8.73. The van der Waals surface area contributed by atoms with Gasteiger partial charge in [-0.25, -0.2) is 4.98 Å². The van der Waals surface area contributed by atoms with Crippen LogP contribution in [0.5, 0.6) is 0 Å². The summed E-state index contributed by atoms with van der Waals surface area (Å²) in [6.45, 7) is 5.83. The molecule has 7 heteroatoms. The fraction of sp³-hybridized carbons (Fsp3) is 0.643. The predicted molar refractivity (Wildman–Crippen MR) is 82.5 cm³/mol. The summed E-state index contributed by atoms with van der Waals surface area (Å²) < 4.78 is 12.2. The van der Waals surface area contributed by atoms with E-state index in [2.05, 4.69) is 39.8 Å². The Balaban J connectivity index is 1.74. The molecule has 0 spiro atoms. The zero-order valence-corrected chi connectivity index (χ0v) is 13.3. The highest BCUT2D eigenvalue weighted by Gasteiger charge is 2.29. The molecule has 0 radical (unpaired) electrons. The largest absolute Gasteiger partial charge is 0.371 e. The number of hydrogen-bond donors (Lipinski definition) is 1. The first-order chi connectivity index (χ1) is 10.3. The van der Waals surface area contributed by atoms with Crippen LogP contribution in [0, 0.1) is 0 Å². The highest BCUT2D eigenvalue weighted by Crippen LogP contribution is 2.31. The molecule has 0 saturated carbocycles. The van der Waals surface area contributed by atoms with Crippen molar-refractivity contribution in [2.24, 2.45) is 0 Å². The first kappa shape index (κ1) is 14.5. The van der Waals surface area contributed by atoms with Crippen molar-refractivity contribution in [3.63, 3.8) is 0 Å². The maximum Gasteiger partial charge on any atom is 0.202 e. The van der Waals surface area contributed by atoms with Crippen LogP contribution in [-0.2, 0) is 17.7 Å². The molecule has 1 N–H and O–H groups in total. The number of aromatic nitrogens is 4. The van der Waals surface area contributed by atoms with Crippen LogP contribution >= 0.6 is 11.5 Å². The molecular formula is C14H21N5OS. The molecule has 0 amide bonds. The van der Waals surface area contributed by atoms with Crippen molar-refractivity contribution in [3.8, 4) is 0 Å². The average molecular weight is 307 g/mol. The second kappa shape index (κ2) is 6.53. The van der Waals surface area contributed by atoms with Gasteiger partial charge in [-0.15, -0.1) is 0 Å². The Kier molecular flexibility index (Phi) is 4.50. The van der Waals surface area contributed by atoms with E-state index in [1.807, 2.05) is 10.9 Å². The van der Waals surface area contributed by atoms with Crippen LogP contribution < -0.4 is 5.32 Å². The quantitative estimate of drug-likeness (QED) is 0.920. The van der Waals surface area contributed by atoms with E-state index in [0.29, 0.717) is 0 Å². The molecule has 1 aliphatic heterocycles. The topological polar surface area (TPSA) is 64.9 Å². The molecule has 1 aliphatic rings. The van der Waals surface area contributed by atoms with Crippen LogP contribution in [-0.4, -0.2) is 31.8 Å². The summed E-state index contributed by atoms with van der Waals surface area (Å²) >= 11 is 1.43. The Bertz CT molecular complexity index is 581. The van der Waals surface area contributed by atoms with Crippen molar-refractivity contribution >= 4 is 16.7 Å². The van der Waals surface area contributed by atoms with Crippen molar-refractivity contribution in [2.75, 3.05) is 11.9 Å². The number of ether oxygens (including phenoxy) is 1. The normalized spacial score (nSPS) is 22.4. The number of rotatable bonds is 5. The number of aryl methyl sites for hydroxylation is 2. The predicted octanol–water partition coefficient (Wildman–Crippen LogP) is 2.65. The minimum absolute atomic E-state index is 0.0352. The van der Waals surface area contributed by atoms with Crippen LogP contribution in [0.25, 0.3) is 0 Å². The van der Waals surface area contributed by atoms with Gasteiger partial charge in [-0.05, 0) is 19.8 Å². The maximum absolute atomic E-state index is 5.98. The molecule has 0 unspecified atom stereocenters. The molecule has 3 heterocycles. The van der Waals surface area contributed by atoms with Crippen molar-refractivity contribution in [3.05, 3.63) is 23.8 Å². The zero-order valence-electron chi connectivity index (χ0n) is 12.5. The maximum atomic E-state index is 5.98. The lowest BCUT2D eigenvalue weighted by atomic mass is 9.98. The van der Waals surface area contributed by atoms with Gasteiger partial charge in [0.05, 0.1) is 12.2 Å². The monoisotopic (exact) mass is 307 g/mol. The number of hydrogen-bond acceptors (Lipinski definition) is 6. The lowest BCUT2D eigenvalue weighted by molar-refractivity contribution is 0.00559. The Labute approximate surface area is 128 Å². The van der Waals surface area contributed by atoms with Gasteiger partial charge in [0.1, 0.15) is 11.9 Å². The molecule has 0 bridgehead atoms. The van der Waals surface area contributed by atoms with Gasteiger partial charge in [0.25, 0.3) is 0 Å². The fourth-order valence-corrected chi connectivity index (χ4v) is 3.28. The van der Waals surface area contributed by atoms with E-state index in [1.165, 1.54) is 11.5 Å². The van der Waals surface area contributed by atoms with E-state index < -0.39 is 0 Å². The summed E-state index contributed by atoms with van der Waals surface area (Å²) in [5.41, 5.74) is 1.13. The van der Waals surface area contributed by atoms with Crippen LogP contribution in [0.3, 0.4) is 0 Å². The summed E-state index contributed by atoms with van der Waals surface area (Å²) in [7, 11) is 0. The van der Waals surface area contributed by atoms with Gasteiger partial charge in [-0.1, -0.05) is 6.92 Å². The lowest BCUT2D eigenvalue weighted by Gasteiger charge is -2.31. The Morgan fingerprint density at radius 1 is 1.48 bits per heavy atom. The molecule has 2 aromatic heterocycles. The summed E-state index contributed by atoms with van der Waals surface area (Å²) in [6, 6.07) is 0.228. The van der Waals surface area contributed by atoms with Crippen LogP contribution in [0.15, 0.2) is 12.4 Å². The van der Waals surface area contributed by atoms with Crippen molar-refractivity contribution < 1.29 is 4.74 Å². The summed E-state index contributed by atoms with van der Waals surface area (Å²) in [6.07, 6.45) is 7.02. The Morgan fingerprint density at radius 2 is 2.38 bits per heavy atom. The number of anilines is 1.